The van der Waals surface area contributed by atoms with Crippen LogP contribution < -0.4 is 5.32 Å². The highest BCUT2D eigenvalue weighted by Crippen LogP contribution is 2.23. The predicted octanol–water partition coefficient (Wildman–Crippen LogP) is 1.79. The molecule has 1 fully saturated rings. The van der Waals surface area contributed by atoms with Crippen LogP contribution in [0.25, 0.3) is 0 Å². The third-order valence-corrected chi connectivity index (χ3v) is 4.03. The van der Waals surface area contributed by atoms with Crippen LogP contribution in [0.2, 0.25) is 0 Å². The molecule has 0 aliphatic heterocycles. The Balaban J connectivity index is 2.32. The molecule has 1 aliphatic carbocycles. The highest BCUT2D eigenvalue weighted by atomic mass is 15.2. The van der Waals surface area contributed by atoms with Gasteiger partial charge in [0.05, 0.1) is 0 Å². The normalized spacial score (nSPS) is 25.8. The van der Waals surface area contributed by atoms with Crippen molar-refractivity contribution in [3.63, 3.8) is 0 Å². The standard InChI is InChI=1S/C14H31N3/c1-5-17(11-7-10-16(3)4)14-9-6-8-13(12-14)15-2/h13-15H,5-12H2,1-4H3. The lowest BCUT2D eigenvalue weighted by Gasteiger charge is -2.37. The summed E-state index contributed by atoms with van der Waals surface area (Å²) in [5.74, 6) is 0. The van der Waals surface area contributed by atoms with Crippen molar-refractivity contribution in [2.45, 2.75) is 51.1 Å². The molecule has 0 aromatic heterocycles. The Labute approximate surface area is 108 Å². The van der Waals surface area contributed by atoms with Crippen molar-refractivity contribution in [1.29, 1.82) is 0 Å². The third-order valence-electron chi connectivity index (χ3n) is 4.03. The summed E-state index contributed by atoms with van der Waals surface area (Å²) in [5, 5.41) is 3.45. The van der Waals surface area contributed by atoms with Gasteiger partial charge in [0.15, 0.2) is 0 Å². The first kappa shape index (κ1) is 14.9. The zero-order valence-corrected chi connectivity index (χ0v) is 12.2. The highest BCUT2D eigenvalue weighted by Gasteiger charge is 2.24. The van der Waals surface area contributed by atoms with Gasteiger partial charge in [-0.2, -0.15) is 0 Å². The van der Waals surface area contributed by atoms with E-state index in [0.29, 0.717) is 0 Å². The monoisotopic (exact) mass is 241 g/mol. The van der Waals surface area contributed by atoms with Crippen LogP contribution in [-0.4, -0.2) is 62.7 Å². The summed E-state index contributed by atoms with van der Waals surface area (Å²) in [6.45, 7) is 5.97. The molecule has 0 aromatic carbocycles. The van der Waals surface area contributed by atoms with Gasteiger partial charge in [-0.05, 0) is 66.5 Å². The summed E-state index contributed by atoms with van der Waals surface area (Å²) in [7, 11) is 6.43. The van der Waals surface area contributed by atoms with Crippen molar-refractivity contribution in [3.8, 4) is 0 Å². The van der Waals surface area contributed by atoms with Gasteiger partial charge in [0.1, 0.15) is 0 Å². The van der Waals surface area contributed by atoms with Gasteiger partial charge in [-0.15, -0.1) is 0 Å². The minimum absolute atomic E-state index is 0.747. The van der Waals surface area contributed by atoms with Crippen molar-refractivity contribution in [2.75, 3.05) is 40.8 Å². The Morgan fingerprint density at radius 3 is 2.53 bits per heavy atom. The molecule has 0 saturated heterocycles. The van der Waals surface area contributed by atoms with Gasteiger partial charge >= 0.3 is 0 Å². The lowest BCUT2D eigenvalue weighted by molar-refractivity contribution is 0.142. The van der Waals surface area contributed by atoms with E-state index in [1.165, 1.54) is 51.7 Å². The van der Waals surface area contributed by atoms with Crippen LogP contribution in [0.4, 0.5) is 0 Å². The average Bonchev–Trinajstić information content (AvgIpc) is 2.34. The summed E-state index contributed by atoms with van der Waals surface area (Å²) in [6, 6.07) is 1.56. The SMILES string of the molecule is CCN(CCCN(C)C)C1CCCC(NC)C1. The van der Waals surface area contributed by atoms with Crippen LogP contribution in [0.1, 0.15) is 39.0 Å². The van der Waals surface area contributed by atoms with E-state index in [-0.39, 0.29) is 0 Å². The Hall–Kier alpha value is -0.120. The molecule has 1 saturated carbocycles. The van der Waals surface area contributed by atoms with Crippen molar-refractivity contribution in [2.24, 2.45) is 0 Å². The predicted molar refractivity (Wildman–Crippen MR) is 75.5 cm³/mol. The van der Waals surface area contributed by atoms with Crippen molar-refractivity contribution in [3.05, 3.63) is 0 Å². The Kier molecular flexibility index (Phi) is 7.09. The van der Waals surface area contributed by atoms with E-state index in [1.807, 2.05) is 0 Å². The van der Waals surface area contributed by atoms with Gasteiger partial charge in [0.25, 0.3) is 0 Å². The second kappa shape index (κ2) is 8.06. The second-order valence-electron chi connectivity index (χ2n) is 5.59. The van der Waals surface area contributed by atoms with Crippen LogP contribution >= 0.6 is 0 Å². The van der Waals surface area contributed by atoms with E-state index in [0.717, 1.165) is 12.1 Å². The fraction of sp³-hybridized carbons (Fsp3) is 1.00. The topological polar surface area (TPSA) is 18.5 Å². The minimum atomic E-state index is 0.747. The van der Waals surface area contributed by atoms with Crippen LogP contribution in [0.15, 0.2) is 0 Å². The molecule has 0 spiro atoms. The molecule has 17 heavy (non-hydrogen) atoms. The van der Waals surface area contributed by atoms with E-state index in [4.69, 9.17) is 0 Å². The van der Waals surface area contributed by atoms with Gasteiger partial charge in [-0.1, -0.05) is 13.3 Å². The van der Waals surface area contributed by atoms with E-state index < -0.39 is 0 Å². The van der Waals surface area contributed by atoms with Crippen LogP contribution in [0, 0.1) is 0 Å². The molecule has 2 unspecified atom stereocenters. The second-order valence-corrected chi connectivity index (χ2v) is 5.59. The first-order valence-corrected chi connectivity index (χ1v) is 7.23. The Morgan fingerprint density at radius 2 is 1.94 bits per heavy atom. The summed E-state index contributed by atoms with van der Waals surface area (Å²) in [4.78, 5) is 4.97. The van der Waals surface area contributed by atoms with Gasteiger partial charge in [0, 0.05) is 12.1 Å². The Morgan fingerprint density at radius 1 is 1.18 bits per heavy atom. The molecule has 1 aliphatic rings. The fourth-order valence-electron chi connectivity index (χ4n) is 2.95. The fourth-order valence-corrected chi connectivity index (χ4v) is 2.95. The lowest BCUT2D eigenvalue weighted by atomic mass is 9.90. The quantitative estimate of drug-likeness (QED) is 0.733. The molecule has 102 valence electrons. The maximum absolute atomic E-state index is 3.45. The van der Waals surface area contributed by atoms with Crippen LogP contribution in [0.3, 0.4) is 0 Å². The van der Waals surface area contributed by atoms with Gasteiger partial charge < -0.3 is 15.1 Å². The molecule has 0 radical (unpaired) electrons. The maximum atomic E-state index is 3.45. The molecule has 0 amide bonds. The summed E-state index contributed by atoms with van der Waals surface area (Å²) < 4.78 is 0. The van der Waals surface area contributed by atoms with E-state index in [9.17, 15) is 0 Å². The van der Waals surface area contributed by atoms with Crippen molar-refractivity contribution >= 4 is 0 Å². The number of hydrogen-bond donors (Lipinski definition) is 1. The van der Waals surface area contributed by atoms with E-state index >= 15 is 0 Å². The molecule has 1 N–H and O–H groups in total. The number of nitrogens with zero attached hydrogens (tertiary/aromatic N) is 2. The van der Waals surface area contributed by atoms with Crippen molar-refractivity contribution < 1.29 is 0 Å². The molecular formula is C14H31N3. The molecule has 0 aromatic rings. The van der Waals surface area contributed by atoms with E-state index in [1.54, 1.807) is 0 Å². The van der Waals surface area contributed by atoms with Crippen LogP contribution in [-0.2, 0) is 0 Å². The highest BCUT2D eigenvalue weighted by molar-refractivity contribution is 4.83. The molecule has 1 rings (SSSR count). The van der Waals surface area contributed by atoms with Gasteiger partial charge in [0.2, 0.25) is 0 Å². The Bertz CT molecular complexity index is 194. The molecular weight excluding hydrogens is 210 g/mol. The molecule has 3 heteroatoms. The van der Waals surface area contributed by atoms with Gasteiger partial charge in [-0.3, -0.25) is 0 Å². The van der Waals surface area contributed by atoms with Crippen molar-refractivity contribution in [1.82, 2.24) is 15.1 Å². The largest absolute Gasteiger partial charge is 0.317 e. The van der Waals surface area contributed by atoms with Crippen LogP contribution in [0.5, 0.6) is 0 Å². The lowest BCUT2D eigenvalue weighted by Crippen LogP contribution is -2.44. The summed E-state index contributed by atoms with van der Waals surface area (Å²) in [6.07, 6.45) is 6.78. The first-order chi connectivity index (χ1) is 8.17. The number of hydrogen-bond acceptors (Lipinski definition) is 3. The zero-order chi connectivity index (χ0) is 12.7. The summed E-state index contributed by atoms with van der Waals surface area (Å²) in [5.41, 5.74) is 0. The molecule has 0 bridgehead atoms. The summed E-state index contributed by atoms with van der Waals surface area (Å²) >= 11 is 0. The maximum Gasteiger partial charge on any atom is 0.0110 e. The smallest absolute Gasteiger partial charge is 0.0110 e. The minimum Gasteiger partial charge on any atom is -0.317 e. The van der Waals surface area contributed by atoms with Gasteiger partial charge in [-0.25, -0.2) is 0 Å². The number of rotatable bonds is 7. The average molecular weight is 241 g/mol. The number of nitrogens with one attached hydrogen (secondary N) is 1. The van der Waals surface area contributed by atoms with E-state index in [2.05, 4.69) is 43.2 Å². The first-order valence-electron chi connectivity index (χ1n) is 7.23. The molecule has 3 nitrogen and oxygen atoms in total. The zero-order valence-electron chi connectivity index (χ0n) is 12.2. The molecule has 2 atom stereocenters. The molecule has 0 heterocycles. The third kappa shape index (κ3) is 5.36.